The molecule has 162 valence electrons. The molecule has 5 amide bonds. The van der Waals surface area contributed by atoms with Gasteiger partial charge in [-0.25, -0.2) is 19.1 Å². The van der Waals surface area contributed by atoms with Gasteiger partial charge in [0.1, 0.15) is 23.4 Å². The third-order valence-corrected chi connectivity index (χ3v) is 4.53. The van der Waals surface area contributed by atoms with Crippen molar-refractivity contribution in [3.63, 3.8) is 0 Å². The summed E-state index contributed by atoms with van der Waals surface area (Å²) in [5.74, 6) is -2.30. The van der Waals surface area contributed by atoms with Gasteiger partial charge in [0.05, 0.1) is 26.3 Å². The molecular weight excluding hydrogens is 411 g/mol. The van der Waals surface area contributed by atoms with Crippen molar-refractivity contribution in [2.24, 2.45) is 5.73 Å². The highest BCUT2D eigenvalue weighted by Gasteiger charge is 2.47. The minimum absolute atomic E-state index is 0.0747. The van der Waals surface area contributed by atoms with Crippen molar-refractivity contribution in [3.8, 4) is 11.5 Å². The first-order valence-corrected chi connectivity index (χ1v) is 9.00. The molecule has 3 N–H and O–H groups in total. The molecule has 0 aliphatic carbocycles. The Kier molecular flexibility index (Phi) is 6.05. The molecule has 1 saturated heterocycles. The highest BCUT2D eigenvalue weighted by atomic mass is 19.1. The van der Waals surface area contributed by atoms with Crippen molar-refractivity contribution >= 4 is 29.4 Å². The zero-order valence-electron chi connectivity index (χ0n) is 16.6. The molecule has 10 nitrogen and oxygen atoms in total. The van der Waals surface area contributed by atoms with Crippen LogP contribution in [0.4, 0.5) is 14.9 Å². The number of nitrogens with one attached hydrogen (secondary N) is 1. The number of urea groups is 1. The average molecular weight is 430 g/mol. The highest BCUT2D eigenvalue weighted by Crippen LogP contribution is 2.27. The molecule has 2 aromatic rings. The molecule has 2 aromatic carbocycles. The predicted molar refractivity (Wildman–Crippen MR) is 106 cm³/mol. The van der Waals surface area contributed by atoms with E-state index < -0.39 is 42.0 Å². The van der Waals surface area contributed by atoms with Crippen LogP contribution in [-0.2, 0) is 9.59 Å². The van der Waals surface area contributed by atoms with Crippen LogP contribution >= 0.6 is 0 Å². The van der Waals surface area contributed by atoms with Crippen molar-refractivity contribution in [2.75, 3.05) is 19.1 Å². The molecule has 0 bridgehead atoms. The van der Waals surface area contributed by atoms with Gasteiger partial charge in [0.15, 0.2) is 0 Å². The number of carbonyl (C=O) groups is 4. The normalized spacial score (nSPS) is 15.8. The van der Waals surface area contributed by atoms with E-state index in [0.717, 1.165) is 22.0 Å². The lowest BCUT2D eigenvalue weighted by atomic mass is 10.1. The van der Waals surface area contributed by atoms with E-state index in [1.165, 1.54) is 38.5 Å². The number of hydrazine groups is 1. The number of methoxy groups -OCH3 is 2. The van der Waals surface area contributed by atoms with E-state index in [1.807, 2.05) is 0 Å². The second-order valence-corrected chi connectivity index (χ2v) is 6.53. The monoisotopic (exact) mass is 430 g/mol. The number of anilines is 1. The first-order valence-electron chi connectivity index (χ1n) is 9.00. The largest absolute Gasteiger partial charge is 0.497 e. The Balaban J connectivity index is 1.93. The van der Waals surface area contributed by atoms with E-state index in [0.29, 0.717) is 11.5 Å². The molecule has 0 aromatic heterocycles. The Bertz CT molecular complexity index is 1020. The van der Waals surface area contributed by atoms with Crippen molar-refractivity contribution in [2.45, 2.75) is 12.5 Å². The summed E-state index contributed by atoms with van der Waals surface area (Å²) in [6.07, 6.45) is -0.524. The zero-order valence-corrected chi connectivity index (χ0v) is 16.6. The number of hydrogen-bond acceptors (Lipinski definition) is 6. The number of halogens is 1. The maximum absolute atomic E-state index is 13.2. The first kappa shape index (κ1) is 21.6. The molecular formula is C20H19FN4O6. The lowest BCUT2D eigenvalue weighted by Gasteiger charge is -2.22. The van der Waals surface area contributed by atoms with Crippen LogP contribution in [0.5, 0.6) is 11.5 Å². The summed E-state index contributed by atoms with van der Waals surface area (Å²) in [7, 11) is 2.81. The average Bonchev–Trinajstić information content (AvgIpc) is 2.97. The van der Waals surface area contributed by atoms with Crippen LogP contribution in [0.3, 0.4) is 0 Å². The van der Waals surface area contributed by atoms with Crippen LogP contribution < -0.4 is 25.5 Å². The second-order valence-electron chi connectivity index (χ2n) is 6.53. The fraction of sp³-hybridized carbons (Fsp3) is 0.200. The van der Waals surface area contributed by atoms with Crippen LogP contribution in [0, 0.1) is 5.82 Å². The number of nitrogens with two attached hydrogens (primary N) is 1. The quantitative estimate of drug-likeness (QED) is 0.635. The summed E-state index contributed by atoms with van der Waals surface area (Å²) in [5.41, 5.74) is 7.71. The molecule has 0 spiro atoms. The van der Waals surface area contributed by atoms with Crippen molar-refractivity contribution in [1.82, 2.24) is 10.4 Å². The minimum atomic E-state index is -1.37. The summed E-state index contributed by atoms with van der Waals surface area (Å²) < 4.78 is 23.5. The van der Waals surface area contributed by atoms with Gasteiger partial charge in [0, 0.05) is 11.6 Å². The van der Waals surface area contributed by atoms with Gasteiger partial charge >= 0.3 is 6.03 Å². The third kappa shape index (κ3) is 4.39. The number of rotatable bonds is 7. The number of hydrogen-bond donors (Lipinski definition) is 2. The Morgan fingerprint density at radius 3 is 2.16 bits per heavy atom. The zero-order chi connectivity index (χ0) is 22.7. The molecule has 1 fully saturated rings. The maximum atomic E-state index is 13.2. The van der Waals surface area contributed by atoms with Crippen molar-refractivity contribution in [1.29, 1.82) is 0 Å². The molecule has 31 heavy (non-hydrogen) atoms. The van der Waals surface area contributed by atoms with Gasteiger partial charge in [-0.05, 0) is 36.4 Å². The van der Waals surface area contributed by atoms with Crippen LogP contribution in [0.1, 0.15) is 16.8 Å². The van der Waals surface area contributed by atoms with Crippen LogP contribution in [0.15, 0.2) is 42.5 Å². The van der Waals surface area contributed by atoms with Gasteiger partial charge < -0.3 is 15.2 Å². The van der Waals surface area contributed by atoms with E-state index in [1.54, 1.807) is 6.07 Å². The number of ether oxygens (including phenoxy) is 2. The Morgan fingerprint density at radius 1 is 1.06 bits per heavy atom. The van der Waals surface area contributed by atoms with Gasteiger partial charge in [0.25, 0.3) is 11.8 Å². The summed E-state index contributed by atoms with van der Waals surface area (Å²) >= 11 is 0. The molecule has 1 aliphatic heterocycles. The van der Waals surface area contributed by atoms with Gasteiger partial charge in [-0.2, -0.15) is 0 Å². The molecule has 0 radical (unpaired) electrons. The summed E-state index contributed by atoms with van der Waals surface area (Å²) in [6, 6.07) is 6.66. The van der Waals surface area contributed by atoms with E-state index >= 15 is 0 Å². The Morgan fingerprint density at radius 2 is 1.65 bits per heavy atom. The van der Waals surface area contributed by atoms with Crippen LogP contribution in [0.2, 0.25) is 0 Å². The SMILES string of the molecule is COc1cc(OC)cc(C(=O)NN2C(=O)N(c3ccc(F)cc3)C(=O)[C@H]2CC(N)=O)c1. The lowest BCUT2D eigenvalue weighted by Crippen LogP contribution is -2.50. The van der Waals surface area contributed by atoms with E-state index in [4.69, 9.17) is 15.2 Å². The lowest BCUT2D eigenvalue weighted by molar-refractivity contribution is -0.125. The number of carbonyl (C=O) groups excluding carboxylic acids is 4. The third-order valence-electron chi connectivity index (χ3n) is 4.53. The van der Waals surface area contributed by atoms with E-state index in [9.17, 15) is 23.6 Å². The number of benzene rings is 2. The van der Waals surface area contributed by atoms with E-state index in [2.05, 4.69) is 5.43 Å². The number of imide groups is 1. The summed E-state index contributed by atoms with van der Waals surface area (Å²) in [6.45, 7) is 0. The van der Waals surface area contributed by atoms with Crippen molar-refractivity contribution in [3.05, 3.63) is 53.8 Å². The van der Waals surface area contributed by atoms with E-state index in [-0.39, 0.29) is 11.3 Å². The summed E-state index contributed by atoms with van der Waals surface area (Å²) in [5, 5.41) is 0.727. The minimum Gasteiger partial charge on any atom is -0.497 e. The first-order chi connectivity index (χ1) is 14.7. The van der Waals surface area contributed by atoms with Crippen LogP contribution in [0.25, 0.3) is 0 Å². The van der Waals surface area contributed by atoms with Gasteiger partial charge in [-0.3, -0.25) is 19.8 Å². The van der Waals surface area contributed by atoms with Crippen LogP contribution in [-0.4, -0.2) is 49.0 Å². The van der Waals surface area contributed by atoms with Crippen molar-refractivity contribution < 1.29 is 33.0 Å². The fourth-order valence-electron chi connectivity index (χ4n) is 3.03. The standard InChI is InChI=1S/C20H19FN4O6/c1-30-14-7-11(8-15(9-14)31-2)18(27)23-25-16(10-17(22)26)19(28)24(20(25)29)13-5-3-12(21)4-6-13/h3-9,16H,10H2,1-2H3,(H2,22,26)(H,23,27)/t16-/m1/s1. The molecule has 11 heteroatoms. The molecule has 3 rings (SSSR count). The molecule has 1 atom stereocenters. The molecule has 1 heterocycles. The number of primary amides is 1. The van der Waals surface area contributed by atoms with Gasteiger partial charge in [-0.1, -0.05) is 0 Å². The number of nitrogens with zero attached hydrogens (tertiary/aromatic N) is 2. The Labute approximate surface area is 176 Å². The number of amides is 5. The highest BCUT2D eigenvalue weighted by molar-refractivity contribution is 6.22. The molecule has 1 aliphatic rings. The summed E-state index contributed by atoms with van der Waals surface area (Å²) in [4.78, 5) is 50.8. The van der Waals surface area contributed by atoms with Gasteiger partial charge in [0.2, 0.25) is 5.91 Å². The molecule has 0 unspecified atom stereocenters. The fourth-order valence-corrected chi connectivity index (χ4v) is 3.03. The topological polar surface area (TPSA) is 131 Å². The smallest absolute Gasteiger partial charge is 0.350 e. The second kappa shape index (κ2) is 8.69. The predicted octanol–water partition coefficient (Wildman–Crippen LogP) is 1.20. The Hall–Kier alpha value is -4.15. The maximum Gasteiger partial charge on any atom is 0.350 e. The van der Waals surface area contributed by atoms with Gasteiger partial charge in [-0.15, -0.1) is 0 Å². The molecule has 0 saturated carbocycles.